The Labute approximate surface area is 202 Å². The number of rotatable bonds is 6. The molecule has 3 aromatic carbocycles. The first-order chi connectivity index (χ1) is 16.6. The summed E-state index contributed by atoms with van der Waals surface area (Å²) in [5.41, 5.74) is 4.88. The Hall–Kier alpha value is -4.03. The minimum Gasteiger partial charge on any atom is -0.494 e. The van der Waals surface area contributed by atoms with Crippen LogP contribution in [0.1, 0.15) is 22.2 Å². The van der Waals surface area contributed by atoms with Crippen LogP contribution >= 0.6 is 11.3 Å². The summed E-state index contributed by atoms with van der Waals surface area (Å²) in [5, 5.41) is 4.38. The molecule has 168 valence electrons. The number of carbonyl (C=O) groups is 1. The Balaban J connectivity index is 1.50. The van der Waals surface area contributed by atoms with Crippen LogP contribution in [-0.2, 0) is 0 Å². The molecule has 6 heteroatoms. The highest BCUT2D eigenvalue weighted by Crippen LogP contribution is 2.31. The van der Waals surface area contributed by atoms with Gasteiger partial charge < -0.3 is 4.74 Å². The summed E-state index contributed by atoms with van der Waals surface area (Å²) in [6.45, 7) is 4.58. The summed E-state index contributed by atoms with van der Waals surface area (Å²) in [6.07, 6.45) is 0. The Bertz CT molecular complexity index is 1460. The van der Waals surface area contributed by atoms with Crippen molar-refractivity contribution in [2.75, 3.05) is 11.9 Å². The molecule has 0 atom stereocenters. The monoisotopic (exact) mass is 465 g/mol. The number of hydrogen-bond acceptors (Lipinski definition) is 5. The van der Waals surface area contributed by atoms with E-state index in [-0.39, 0.29) is 5.91 Å². The number of para-hydroxylation sites is 1. The molecule has 1 amide bonds. The van der Waals surface area contributed by atoms with Crippen LogP contribution in [0.25, 0.3) is 33.4 Å². The molecule has 34 heavy (non-hydrogen) atoms. The van der Waals surface area contributed by atoms with Crippen LogP contribution in [0.4, 0.5) is 5.13 Å². The van der Waals surface area contributed by atoms with Gasteiger partial charge in [0.25, 0.3) is 5.91 Å². The van der Waals surface area contributed by atoms with E-state index in [4.69, 9.17) is 14.7 Å². The fraction of sp³-hybridized carbons (Fsp3) is 0.107. The number of hydrogen-bond donors (Lipinski definition) is 1. The Morgan fingerprint density at radius 1 is 0.912 bits per heavy atom. The average Bonchev–Trinajstić information content (AvgIpc) is 3.24. The van der Waals surface area contributed by atoms with E-state index in [1.54, 1.807) is 0 Å². The predicted octanol–water partition coefficient (Wildman–Crippen LogP) is 6.98. The SMILES string of the molecule is CCOc1ccc(-c2cc(C(=O)Nc3nc(-c4ccccc4)c(C)s3)c3ccccc3n2)cc1. The largest absolute Gasteiger partial charge is 0.494 e. The van der Waals surface area contributed by atoms with Crippen molar-refractivity contribution in [3.8, 4) is 28.3 Å². The molecule has 0 saturated heterocycles. The first-order valence-electron chi connectivity index (χ1n) is 11.1. The minimum atomic E-state index is -0.209. The maximum atomic E-state index is 13.4. The molecule has 0 bridgehead atoms. The number of fused-ring (bicyclic) bond motifs is 1. The molecule has 0 fully saturated rings. The first-order valence-corrected chi connectivity index (χ1v) is 11.9. The number of nitrogens with zero attached hydrogens (tertiary/aromatic N) is 2. The highest BCUT2D eigenvalue weighted by atomic mass is 32.1. The van der Waals surface area contributed by atoms with Crippen molar-refractivity contribution in [2.45, 2.75) is 13.8 Å². The number of thiazole rings is 1. The second kappa shape index (κ2) is 9.45. The number of benzene rings is 3. The summed E-state index contributed by atoms with van der Waals surface area (Å²) in [6, 6.07) is 27.3. The van der Waals surface area contributed by atoms with E-state index < -0.39 is 0 Å². The number of amides is 1. The Morgan fingerprint density at radius 3 is 2.41 bits per heavy atom. The van der Waals surface area contributed by atoms with Gasteiger partial charge in [-0.25, -0.2) is 9.97 Å². The van der Waals surface area contributed by atoms with E-state index in [2.05, 4.69) is 5.32 Å². The molecular weight excluding hydrogens is 442 g/mol. The smallest absolute Gasteiger partial charge is 0.258 e. The molecule has 0 saturated carbocycles. The third-order valence-electron chi connectivity index (χ3n) is 5.49. The van der Waals surface area contributed by atoms with E-state index in [1.165, 1.54) is 11.3 Å². The predicted molar refractivity (Wildman–Crippen MR) is 139 cm³/mol. The van der Waals surface area contributed by atoms with Gasteiger partial charge >= 0.3 is 0 Å². The van der Waals surface area contributed by atoms with Crippen molar-refractivity contribution >= 4 is 33.3 Å². The maximum absolute atomic E-state index is 13.4. The molecule has 5 rings (SSSR count). The van der Waals surface area contributed by atoms with Crippen LogP contribution in [0.2, 0.25) is 0 Å². The summed E-state index contributed by atoms with van der Waals surface area (Å²) in [7, 11) is 0. The van der Waals surface area contributed by atoms with Gasteiger partial charge in [0.2, 0.25) is 0 Å². The second-order valence-electron chi connectivity index (χ2n) is 7.77. The molecule has 0 aliphatic carbocycles. The molecule has 1 N–H and O–H groups in total. The van der Waals surface area contributed by atoms with Crippen molar-refractivity contribution in [3.05, 3.63) is 95.4 Å². The van der Waals surface area contributed by atoms with Crippen LogP contribution in [0.5, 0.6) is 5.75 Å². The van der Waals surface area contributed by atoms with Gasteiger partial charge in [-0.05, 0) is 50.2 Å². The highest BCUT2D eigenvalue weighted by molar-refractivity contribution is 7.16. The first kappa shape index (κ1) is 21.8. The third kappa shape index (κ3) is 4.40. The van der Waals surface area contributed by atoms with Crippen molar-refractivity contribution < 1.29 is 9.53 Å². The Morgan fingerprint density at radius 2 is 1.65 bits per heavy atom. The third-order valence-corrected chi connectivity index (χ3v) is 6.37. The highest BCUT2D eigenvalue weighted by Gasteiger charge is 2.17. The zero-order valence-corrected chi connectivity index (χ0v) is 19.7. The van der Waals surface area contributed by atoms with Gasteiger partial charge in [-0.1, -0.05) is 48.5 Å². The number of aromatic nitrogens is 2. The number of ether oxygens (including phenoxy) is 1. The van der Waals surface area contributed by atoms with E-state index in [0.29, 0.717) is 17.3 Å². The van der Waals surface area contributed by atoms with Gasteiger partial charge in [-0.15, -0.1) is 11.3 Å². The molecule has 0 aliphatic heterocycles. The molecule has 2 heterocycles. The summed E-state index contributed by atoms with van der Waals surface area (Å²) in [5.74, 6) is 0.595. The molecule has 5 aromatic rings. The lowest BCUT2D eigenvalue weighted by atomic mass is 10.0. The molecule has 0 unspecified atom stereocenters. The maximum Gasteiger partial charge on any atom is 0.258 e. The van der Waals surface area contributed by atoms with Crippen LogP contribution in [0.15, 0.2) is 84.9 Å². The lowest BCUT2D eigenvalue weighted by molar-refractivity contribution is 0.102. The van der Waals surface area contributed by atoms with E-state index >= 15 is 0 Å². The van der Waals surface area contributed by atoms with Crippen LogP contribution in [0, 0.1) is 6.92 Å². The normalized spacial score (nSPS) is 10.9. The van der Waals surface area contributed by atoms with Crippen molar-refractivity contribution in [2.24, 2.45) is 0 Å². The van der Waals surface area contributed by atoms with Crippen molar-refractivity contribution in [1.82, 2.24) is 9.97 Å². The molecule has 0 spiro atoms. The van der Waals surface area contributed by atoms with Crippen molar-refractivity contribution in [1.29, 1.82) is 0 Å². The van der Waals surface area contributed by atoms with Gasteiger partial charge in [0.1, 0.15) is 5.75 Å². The zero-order valence-electron chi connectivity index (χ0n) is 18.9. The van der Waals surface area contributed by atoms with Gasteiger partial charge in [-0.2, -0.15) is 0 Å². The molecular formula is C28H23N3O2S. The fourth-order valence-corrected chi connectivity index (χ4v) is 4.71. The molecule has 0 radical (unpaired) electrons. The van der Waals surface area contributed by atoms with E-state index in [1.807, 2.05) is 98.8 Å². The lowest BCUT2D eigenvalue weighted by Gasteiger charge is -2.10. The van der Waals surface area contributed by atoms with Gasteiger partial charge in [0.15, 0.2) is 5.13 Å². The summed E-state index contributed by atoms with van der Waals surface area (Å²) < 4.78 is 5.55. The fourth-order valence-electron chi connectivity index (χ4n) is 3.88. The van der Waals surface area contributed by atoms with Crippen molar-refractivity contribution in [3.63, 3.8) is 0 Å². The number of carbonyl (C=O) groups excluding carboxylic acids is 1. The van der Waals surface area contributed by atoms with Gasteiger partial charge in [-0.3, -0.25) is 10.1 Å². The standard InChI is InChI=1S/C28H23N3O2S/c1-3-33-21-15-13-19(14-16-21)25-17-23(22-11-7-8-12-24(22)29-25)27(32)31-28-30-26(18(2)34-28)20-9-5-4-6-10-20/h4-17H,3H2,1-2H3,(H,30,31,32). The summed E-state index contributed by atoms with van der Waals surface area (Å²) in [4.78, 5) is 24.0. The Kier molecular flexibility index (Phi) is 6.06. The van der Waals surface area contributed by atoms with Gasteiger partial charge in [0.05, 0.1) is 29.1 Å². The quantitative estimate of drug-likeness (QED) is 0.294. The average molecular weight is 466 g/mol. The molecule has 0 aliphatic rings. The number of aryl methyl sites for hydroxylation is 1. The van der Waals surface area contributed by atoms with E-state index in [0.717, 1.165) is 44.0 Å². The van der Waals surface area contributed by atoms with E-state index in [9.17, 15) is 4.79 Å². The number of pyridine rings is 1. The number of nitrogens with one attached hydrogen (secondary N) is 1. The zero-order chi connectivity index (χ0) is 23.5. The minimum absolute atomic E-state index is 0.209. The van der Waals surface area contributed by atoms with Gasteiger partial charge in [0, 0.05) is 21.4 Å². The lowest BCUT2D eigenvalue weighted by Crippen LogP contribution is -2.13. The van der Waals surface area contributed by atoms with Crippen LogP contribution in [0.3, 0.4) is 0 Å². The number of anilines is 1. The summed E-state index contributed by atoms with van der Waals surface area (Å²) >= 11 is 1.47. The molecule has 2 aromatic heterocycles. The topological polar surface area (TPSA) is 64.1 Å². The van der Waals surface area contributed by atoms with Crippen LogP contribution < -0.4 is 10.1 Å². The van der Waals surface area contributed by atoms with Crippen LogP contribution in [-0.4, -0.2) is 22.5 Å². The second-order valence-corrected chi connectivity index (χ2v) is 8.98. The molecule has 5 nitrogen and oxygen atoms in total.